The van der Waals surface area contributed by atoms with Gasteiger partial charge in [-0.05, 0) is 31.6 Å². The van der Waals surface area contributed by atoms with Gasteiger partial charge in [-0.2, -0.15) is 4.31 Å². The number of rotatable bonds is 6. The van der Waals surface area contributed by atoms with E-state index >= 15 is 0 Å². The highest BCUT2D eigenvalue weighted by Crippen LogP contribution is 2.29. The second-order valence-electron chi connectivity index (χ2n) is 6.14. The highest BCUT2D eigenvalue weighted by molar-refractivity contribution is 7.89. The van der Waals surface area contributed by atoms with E-state index in [2.05, 4.69) is 25.2 Å². The lowest BCUT2D eigenvalue weighted by Crippen LogP contribution is -2.43. The molecular formula is C15H28N2O3S. The molecule has 2 aliphatic rings. The molecule has 6 heteroatoms. The molecule has 1 fully saturated rings. The molecule has 0 saturated carbocycles. The summed E-state index contributed by atoms with van der Waals surface area (Å²) in [6.45, 7) is 7.87. The first-order chi connectivity index (χ1) is 10.0. The fourth-order valence-electron chi connectivity index (χ4n) is 3.15. The fraction of sp³-hybridized carbons (Fsp3) is 0.867. The first kappa shape index (κ1) is 16.9. The number of nitrogens with zero attached hydrogens (tertiary/aromatic N) is 1. The van der Waals surface area contributed by atoms with Crippen LogP contribution in [-0.2, 0) is 14.8 Å². The molecule has 122 valence electrons. The minimum Gasteiger partial charge on any atom is -0.379 e. The van der Waals surface area contributed by atoms with Crippen LogP contribution < -0.4 is 5.32 Å². The van der Waals surface area contributed by atoms with Crippen molar-refractivity contribution in [2.24, 2.45) is 11.8 Å². The first-order valence-corrected chi connectivity index (χ1v) is 9.54. The zero-order chi connectivity index (χ0) is 15.3. The summed E-state index contributed by atoms with van der Waals surface area (Å²) in [4.78, 5) is 0. The Morgan fingerprint density at radius 3 is 2.76 bits per heavy atom. The third-order valence-electron chi connectivity index (χ3n) is 4.62. The van der Waals surface area contributed by atoms with E-state index in [-0.39, 0.29) is 5.75 Å². The number of allylic oxidation sites excluding steroid dienone is 1. The molecule has 1 heterocycles. The summed E-state index contributed by atoms with van der Waals surface area (Å²) < 4.78 is 31.1. The van der Waals surface area contributed by atoms with Gasteiger partial charge >= 0.3 is 0 Å². The van der Waals surface area contributed by atoms with E-state index in [0.717, 1.165) is 6.54 Å². The van der Waals surface area contributed by atoms with Crippen molar-refractivity contribution in [3.05, 3.63) is 11.6 Å². The lowest BCUT2D eigenvalue weighted by Gasteiger charge is -2.29. The van der Waals surface area contributed by atoms with Crippen molar-refractivity contribution in [1.29, 1.82) is 0 Å². The van der Waals surface area contributed by atoms with E-state index in [9.17, 15) is 8.42 Å². The molecule has 0 radical (unpaired) electrons. The summed E-state index contributed by atoms with van der Waals surface area (Å²) in [5.41, 5.74) is 1.44. The molecule has 0 bridgehead atoms. The standard InChI is InChI=1S/C15H28N2O3S/c1-13-4-3-5-14(2)15(13)12-16-6-11-21(18,19)17-7-9-20-10-8-17/h4,14-16H,3,5-12H2,1-2H3/t14-,15+/m0/s1. The molecule has 1 saturated heterocycles. The average molecular weight is 316 g/mol. The number of hydrogen-bond donors (Lipinski definition) is 1. The topological polar surface area (TPSA) is 58.6 Å². The van der Waals surface area contributed by atoms with Gasteiger partial charge in [0.15, 0.2) is 0 Å². The predicted molar refractivity (Wildman–Crippen MR) is 84.7 cm³/mol. The minimum absolute atomic E-state index is 0.177. The van der Waals surface area contributed by atoms with Crippen LogP contribution in [0.2, 0.25) is 0 Å². The molecule has 0 aromatic rings. The van der Waals surface area contributed by atoms with E-state index < -0.39 is 10.0 Å². The van der Waals surface area contributed by atoms with Gasteiger partial charge in [0.1, 0.15) is 0 Å². The summed E-state index contributed by atoms with van der Waals surface area (Å²) >= 11 is 0. The van der Waals surface area contributed by atoms with Gasteiger partial charge < -0.3 is 10.1 Å². The Kier molecular flexibility index (Phi) is 6.22. The zero-order valence-electron chi connectivity index (χ0n) is 13.2. The fourth-order valence-corrected chi connectivity index (χ4v) is 4.52. The van der Waals surface area contributed by atoms with Crippen LogP contribution in [0.1, 0.15) is 26.7 Å². The van der Waals surface area contributed by atoms with Gasteiger partial charge in [-0.3, -0.25) is 0 Å². The number of nitrogens with one attached hydrogen (secondary N) is 1. The van der Waals surface area contributed by atoms with Crippen molar-refractivity contribution >= 4 is 10.0 Å². The Hall–Kier alpha value is -0.430. The molecule has 1 N–H and O–H groups in total. The van der Waals surface area contributed by atoms with Gasteiger partial charge in [-0.1, -0.05) is 18.6 Å². The molecule has 0 aromatic heterocycles. The summed E-state index contributed by atoms with van der Waals surface area (Å²) in [7, 11) is -3.14. The van der Waals surface area contributed by atoms with E-state index in [0.29, 0.717) is 44.7 Å². The maximum atomic E-state index is 12.2. The van der Waals surface area contributed by atoms with Gasteiger partial charge in [-0.15, -0.1) is 0 Å². The van der Waals surface area contributed by atoms with E-state index in [1.807, 2.05) is 0 Å². The molecule has 0 spiro atoms. The quantitative estimate of drug-likeness (QED) is 0.591. The second kappa shape index (κ2) is 7.72. The van der Waals surface area contributed by atoms with Crippen molar-refractivity contribution in [1.82, 2.24) is 9.62 Å². The van der Waals surface area contributed by atoms with Crippen molar-refractivity contribution in [3.63, 3.8) is 0 Å². The molecule has 1 aliphatic carbocycles. The predicted octanol–water partition coefficient (Wildman–Crippen LogP) is 1.23. The first-order valence-electron chi connectivity index (χ1n) is 7.93. The minimum atomic E-state index is -3.14. The van der Waals surface area contributed by atoms with E-state index in [1.54, 1.807) is 4.31 Å². The van der Waals surface area contributed by atoms with Gasteiger partial charge in [-0.25, -0.2) is 8.42 Å². The Morgan fingerprint density at radius 1 is 1.38 bits per heavy atom. The summed E-state index contributed by atoms with van der Waals surface area (Å²) in [6, 6.07) is 0. The SMILES string of the molecule is CC1=CCC[C@H](C)[C@@H]1CNCCS(=O)(=O)N1CCOCC1. The van der Waals surface area contributed by atoms with Crippen LogP contribution in [0, 0.1) is 11.8 Å². The normalized spacial score (nSPS) is 28.4. The molecule has 0 aromatic carbocycles. The number of hydrogen-bond acceptors (Lipinski definition) is 4. The second-order valence-corrected chi connectivity index (χ2v) is 8.23. The highest BCUT2D eigenvalue weighted by atomic mass is 32.2. The molecule has 21 heavy (non-hydrogen) atoms. The Morgan fingerprint density at radius 2 is 2.10 bits per heavy atom. The maximum absolute atomic E-state index is 12.2. The third kappa shape index (κ3) is 4.77. The number of morpholine rings is 1. The van der Waals surface area contributed by atoms with Gasteiger partial charge in [0.25, 0.3) is 0 Å². The van der Waals surface area contributed by atoms with Crippen LogP contribution in [0.4, 0.5) is 0 Å². The molecule has 1 aliphatic heterocycles. The molecular weight excluding hydrogens is 288 g/mol. The highest BCUT2D eigenvalue weighted by Gasteiger charge is 2.25. The number of ether oxygens (including phenoxy) is 1. The van der Waals surface area contributed by atoms with Crippen LogP contribution >= 0.6 is 0 Å². The Balaban J connectivity index is 1.73. The zero-order valence-corrected chi connectivity index (χ0v) is 14.0. The Bertz CT molecular complexity index is 456. The average Bonchev–Trinajstić information content (AvgIpc) is 2.47. The smallest absolute Gasteiger partial charge is 0.215 e. The lowest BCUT2D eigenvalue weighted by atomic mass is 9.80. The van der Waals surface area contributed by atoms with E-state index in [4.69, 9.17) is 4.74 Å². The van der Waals surface area contributed by atoms with Crippen molar-refractivity contribution in [2.75, 3.05) is 45.1 Å². The third-order valence-corrected chi connectivity index (χ3v) is 6.50. The maximum Gasteiger partial charge on any atom is 0.215 e. The van der Waals surface area contributed by atoms with Crippen LogP contribution in [0.15, 0.2) is 11.6 Å². The van der Waals surface area contributed by atoms with Gasteiger partial charge in [0.05, 0.1) is 19.0 Å². The summed E-state index contributed by atoms with van der Waals surface area (Å²) in [5.74, 6) is 1.40. The largest absolute Gasteiger partial charge is 0.379 e. The molecule has 0 unspecified atom stereocenters. The van der Waals surface area contributed by atoms with Crippen LogP contribution in [-0.4, -0.2) is 57.9 Å². The van der Waals surface area contributed by atoms with Crippen molar-refractivity contribution in [3.8, 4) is 0 Å². The van der Waals surface area contributed by atoms with E-state index in [1.165, 1.54) is 18.4 Å². The monoisotopic (exact) mass is 316 g/mol. The number of sulfonamides is 1. The molecule has 5 nitrogen and oxygen atoms in total. The molecule has 0 amide bonds. The van der Waals surface area contributed by atoms with Crippen molar-refractivity contribution in [2.45, 2.75) is 26.7 Å². The Labute approximate surface area is 128 Å². The molecule has 2 rings (SSSR count). The van der Waals surface area contributed by atoms with Crippen LogP contribution in [0.5, 0.6) is 0 Å². The summed E-state index contributed by atoms with van der Waals surface area (Å²) in [6.07, 6.45) is 4.72. The van der Waals surface area contributed by atoms with Gasteiger partial charge in [0.2, 0.25) is 10.0 Å². The molecule has 2 atom stereocenters. The van der Waals surface area contributed by atoms with Crippen LogP contribution in [0.3, 0.4) is 0 Å². The van der Waals surface area contributed by atoms with Crippen molar-refractivity contribution < 1.29 is 13.2 Å². The van der Waals surface area contributed by atoms with Gasteiger partial charge in [0, 0.05) is 26.2 Å². The van der Waals surface area contributed by atoms with Crippen LogP contribution in [0.25, 0.3) is 0 Å². The summed E-state index contributed by atoms with van der Waals surface area (Å²) in [5, 5.41) is 3.33. The lowest BCUT2D eigenvalue weighted by molar-refractivity contribution is 0.0730.